The normalized spacial score (nSPS) is 14.6. The van der Waals surface area contributed by atoms with Gasteiger partial charge in [0.05, 0.1) is 17.6 Å². The lowest BCUT2D eigenvalue weighted by Crippen LogP contribution is -2.27. The molecule has 31 heavy (non-hydrogen) atoms. The molecular formula is C22H21NO7S. The van der Waals surface area contributed by atoms with Gasteiger partial charge in [0.25, 0.3) is 0 Å². The van der Waals surface area contributed by atoms with Crippen molar-refractivity contribution in [2.45, 2.75) is 24.3 Å². The zero-order valence-corrected chi connectivity index (χ0v) is 17.7. The number of hydrogen-bond acceptors (Lipinski definition) is 7. The van der Waals surface area contributed by atoms with Crippen LogP contribution in [0.5, 0.6) is 5.75 Å². The van der Waals surface area contributed by atoms with Crippen LogP contribution in [-0.2, 0) is 21.4 Å². The lowest BCUT2D eigenvalue weighted by molar-refractivity contribution is 0.0473. The quantitative estimate of drug-likeness (QED) is 0.426. The fraction of sp³-hybridized carbons (Fsp3) is 0.273. The molecule has 0 bridgehead atoms. The topological polar surface area (TPSA) is 103 Å². The van der Waals surface area contributed by atoms with Gasteiger partial charge in [-0.2, -0.15) is 4.31 Å². The Kier molecular flexibility index (Phi) is 5.79. The molecule has 162 valence electrons. The summed E-state index contributed by atoms with van der Waals surface area (Å²) in [5.74, 6) is -0.0891. The Bertz CT molecular complexity index is 1270. The van der Waals surface area contributed by atoms with Crippen molar-refractivity contribution in [1.29, 1.82) is 0 Å². The van der Waals surface area contributed by atoms with Gasteiger partial charge in [-0.25, -0.2) is 18.0 Å². The van der Waals surface area contributed by atoms with Crippen LogP contribution in [0.1, 0.15) is 28.8 Å². The minimum atomic E-state index is -3.55. The van der Waals surface area contributed by atoms with E-state index in [2.05, 4.69) is 0 Å². The van der Waals surface area contributed by atoms with Gasteiger partial charge in [-0.3, -0.25) is 0 Å². The van der Waals surface area contributed by atoms with Crippen LogP contribution in [0.3, 0.4) is 0 Å². The Morgan fingerprint density at radius 2 is 1.77 bits per heavy atom. The van der Waals surface area contributed by atoms with Crippen LogP contribution in [0.4, 0.5) is 0 Å². The Labute approximate surface area is 179 Å². The number of hydrogen-bond donors (Lipinski definition) is 0. The lowest BCUT2D eigenvalue weighted by Gasteiger charge is -2.15. The molecule has 0 spiro atoms. The summed E-state index contributed by atoms with van der Waals surface area (Å²) in [7, 11) is -2.04. The fourth-order valence-corrected chi connectivity index (χ4v) is 5.04. The summed E-state index contributed by atoms with van der Waals surface area (Å²) in [6, 6.07) is 12.0. The van der Waals surface area contributed by atoms with E-state index in [1.54, 1.807) is 18.2 Å². The molecule has 9 heteroatoms. The molecule has 2 aromatic carbocycles. The van der Waals surface area contributed by atoms with Crippen LogP contribution in [0.25, 0.3) is 11.0 Å². The summed E-state index contributed by atoms with van der Waals surface area (Å²) in [6.45, 7) is 0.884. The number of fused-ring (bicyclic) bond motifs is 1. The summed E-state index contributed by atoms with van der Waals surface area (Å²) in [5, 5.41) is 0.625. The van der Waals surface area contributed by atoms with Gasteiger partial charge in [-0.1, -0.05) is 0 Å². The van der Waals surface area contributed by atoms with E-state index in [4.69, 9.17) is 13.9 Å². The van der Waals surface area contributed by atoms with Crippen LogP contribution < -0.4 is 10.4 Å². The second-order valence-corrected chi connectivity index (χ2v) is 9.10. The lowest BCUT2D eigenvalue weighted by atomic mass is 10.1. The summed E-state index contributed by atoms with van der Waals surface area (Å²) in [4.78, 5) is 24.4. The van der Waals surface area contributed by atoms with Crippen molar-refractivity contribution in [2.24, 2.45) is 0 Å². The SMILES string of the molecule is COc1ccc2c(COC(=O)c3ccc(S(=O)(=O)N4CCCC4)cc3)cc(=O)oc2c1. The molecule has 1 saturated heterocycles. The van der Waals surface area contributed by atoms with E-state index in [1.165, 1.54) is 41.7 Å². The van der Waals surface area contributed by atoms with Crippen molar-refractivity contribution in [3.8, 4) is 5.75 Å². The monoisotopic (exact) mass is 443 g/mol. The molecule has 0 saturated carbocycles. The first-order chi connectivity index (χ1) is 14.9. The number of carbonyl (C=O) groups is 1. The predicted octanol–water partition coefficient (Wildman–Crippen LogP) is 2.94. The van der Waals surface area contributed by atoms with E-state index >= 15 is 0 Å². The van der Waals surface area contributed by atoms with Crippen LogP contribution in [0.15, 0.2) is 62.6 Å². The van der Waals surface area contributed by atoms with Crippen LogP contribution in [0.2, 0.25) is 0 Å². The Hall–Kier alpha value is -3.17. The molecule has 0 radical (unpaired) electrons. The van der Waals surface area contributed by atoms with Crippen molar-refractivity contribution in [3.63, 3.8) is 0 Å². The molecule has 0 unspecified atom stereocenters. The van der Waals surface area contributed by atoms with E-state index in [0.717, 1.165) is 12.8 Å². The van der Waals surface area contributed by atoms with Gasteiger partial charge in [-0.05, 0) is 49.2 Å². The molecule has 0 amide bonds. The van der Waals surface area contributed by atoms with Crippen molar-refractivity contribution in [2.75, 3.05) is 20.2 Å². The largest absolute Gasteiger partial charge is 0.497 e. The van der Waals surface area contributed by atoms with E-state index in [-0.39, 0.29) is 17.1 Å². The molecule has 1 aromatic heterocycles. The highest BCUT2D eigenvalue weighted by Crippen LogP contribution is 2.24. The third-order valence-electron chi connectivity index (χ3n) is 5.19. The number of sulfonamides is 1. The number of esters is 1. The van der Waals surface area contributed by atoms with E-state index in [9.17, 15) is 18.0 Å². The summed E-state index contributed by atoms with van der Waals surface area (Å²) >= 11 is 0. The maximum Gasteiger partial charge on any atom is 0.338 e. The highest BCUT2D eigenvalue weighted by atomic mass is 32.2. The van der Waals surface area contributed by atoms with Crippen molar-refractivity contribution in [1.82, 2.24) is 4.31 Å². The highest BCUT2D eigenvalue weighted by Gasteiger charge is 2.27. The summed E-state index contributed by atoms with van der Waals surface area (Å²) in [6.07, 6.45) is 1.70. The first-order valence-electron chi connectivity index (χ1n) is 9.76. The predicted molar refractivity (Wildman–Crippen MR) is 113 cm³/mol. The zero-order chi connectivity index (χ0) is 22.0. The number of carbonyl (C=O) groups excluding carboxylic acids is 1. The first kappa shape index (κ1) is 21.1. The zero-order valence-electron chi connectivity index (χ0n) is 16.9. The average molecular weight is 443 g/mol. The molecule has 1 fully saturated rings. The molecule has 1 aliphatic rings. The van der Waals surface area contributed by atoms with E-state index in [0.29, 0.717) is 35.4 Å². The number of nitrogens with zero attached hydrogens (tertiary/aromatic N) is 1. The molecule has 1 aliphatic heterocycles. The van der Waals surface area contributed by atoms with Crippen molar-refractivity contribution in [3.05, 3.63) is 70.1 Å². The molecule has 0 N–H and O–H groups in total. The maximum atomic E-state index is 12.6. The van der Waals surface area contributed by atoms with Gasteiger partial charge in [0.1, 0.15) is 17.9 Å². The van der Waals surface area contributed by atoms with Gasteiger partial charge in [0.2, 0.25) is 10.0 Å². The van der Waals surface area contributed by atoms with Crippen LogP contribution in [0, 0.1) is 0 Å². The third kappa shape index (κ3) is 4.33. The minimum Gasteiger partial charge on any atom is -0.497 e. The fourth-order valence-electron chi connectivity index (χ4n) is 3.52. The summed E-state index contributed by atoms with van der Waals surface area (Å²) < 4.78 is 42.3. The molecule has 4 rings (SSSR count). The van der Waals surface area contributed by atoms with E-state index < -0.39 is 21.6 Å². The smallest absolute Gasteiger partial charge is 0.338 e. The summed E-state index contributed by atoms with van der Waals surface area (Å²) in [5.41, 5.74) is 0.474. The molecular weight excluding hydrogens is 422 g/mol. The molecule has 3 aromatic rings. The first-order valence-corrected chi connectivity index (χ1v) is 11.2. The van der Waals surface area contributed by atoms with Gasteiger partial charge in [0, 0.05) is 36.2 Å². The number of methoxy groups -OCH3 is 1. The van der Waals surface area contributed by atoms with Gasteiger partial charge < -0.3 is 13.9 Å². The van der Waals surface area contributed by atoms with Crippen LogP contribution in [-0.4, -0.2) is 38.9 Å². The molecule has 0 aliphatic carbocycles. The van der Waals surface area contributed by atoms with Crippen molar-refractivity contribution < 1.29 is 27.1 Å². The minimum absolute atomic E-state index is 0.138. The van der Waals surface area contributed by atoms with Crippen molar-refractivity contribution >= 4 is 27.0 Å². The molecule has 0 atom stereocenters. The third-order valence-corrected chi connectivity index (χ3v) is 7.10. The second kappa shape index (κ2) is 8.52. The average Bonchev–Trinajstić information content (AvgIpc) is 3.32. The van der Waals surface area contributed by atoms with Gasteiger partial charge in [-0.15, -0.1) is 0 Å². The number of benzene rings is 2. The Morgan fingerprint density at radius 3 is 2.45 bits per heavy atom. The van der Waals surface area contributed by atoms with Crippen LogP contribution >= 0.6 is 0 Å². The highest BCUT2D eigenvalue weighted by molar-refractivity contribution is 7.89. The number of ether oxygens (including phenoxy) is 2. The van der Waals surface area contributed by atoms with Gasteiger partial charge >= 0.3 is 11.6 Å². The standard InChI is InChI=1S/C22H21NO7S/c1-28-17-6-9-19-16(12-21(24)30-20(19)13-17)14-29-22(25)15-4-7-18(8-5-15)31(26,27)23-10-2-3-11-23/h4-9,12-13H,2-3,10-11,14H2,1H3. The Morgan fingerprint density at radius 1 is 1.06 bits per heavy atom. The molecule has 2 heterocycles. The number of rotatable bonds is 6. The van der Waals surface area contributed by atoms with E-state index in [1.807, 2.05) is 0 Å². The van der Waals surface area contributed by atoms with Gasteiger partial charge in [0.15, 0.2) is 0 Å². The second-order valence-electron chi connectivity index (χ2n) is 7.16. The Balaban J connectivity index is 1.50. The maximum absolute atomic E-state index is 12.6. The molecule has 8 nitrogen and oxygen atoms in total.